The molecule has 0 saturated carbocycles. The number of Topliss-reactive ketones (excluding diaryl/α,β-unsaturated/α-hetero) is 1. The van der Waals surface area contributed by atoms with Crippen molar-refractivity contribution in [2.75, 3.05) is 6.54 Å². The van der Waals surface area contributed by atoms with E-state index in [-0.39, 0.29) is 25.2 Å². The summed E-state index contributed by atoms with van der Waals surface area (Å²) >= 11 is 0. The predicted octanol–water partition coefficient (Wildman–Crippen LogP) is 1.39. The van der Waals surface area contributed by atoms with Gasteiger partial charge in [-0.25, -0.2) is 0 Å². The molecule has 1 aliphatic rings. The van der Waals surface area contributed by atoms with E-state index in [0.717, 1.165) is 43.2 Å². The normalized spacial score (nSPS) is 19.2. The standard InChI is InChI=1S/C24H33N3O5/c1-2-8-19(21(29)16-28)27-24(32)20-14-18-11-7-10-17(13-18)9-5-3-4-6-12-22(30)25-15-23(31)26-20/h7,10-11,13,16,19-20H,2-6,8-9,12,14-15H2,1H3,(H,25,30)(H,26,31)(H,27,32). The second-order valence-corrected chi connectivity index (χ2v) is 8.21. The van der Waals surface area contributed by atoms with Gasteiger partial charge in [-0.15, -0.1) is 0 Å². The first kappa shape index (κ1) is 25.2. The first-order chi connectivity index (χ1) is 15.4. The Balaban J connectivity index is 2.21. The van der Waals surface area contributed by atoms with Crippen LogP contribution >= 0.6 is 0 Å². The molecule has 2 unspecified atom stereocenters. The number of aryl methyl sites for hydroxylation is 1. The van der Waals surface area contributed by atoms with Gasteiger partial charge in [0.1, 0.15) is 6.04 Å². The van der Waals surface area contributed by atoms with Crippen LogP contribution in [0.1, 0.15) is 63.0 Å². The third-order valence-electron chi connectivity index (χ3n) is 5.50. The van der Waals surface area contributed by atoms with Crippen molar-refractivity contribution >= 4 is 29.8 Å². The van der Waals surface area contributed by atoms with Crippen LogP contribution < -0.4 is 16.0 Å². The van der Waals surface area contributed by atoms with E-state index in [1.54, 1.807) is 0 Å². The molecule has 0 fully saturated rings. The molecule has 1 aromatic rings. The summed E-state index contributed by atoms with van der Waals surface area (Å²) in [4.78, 5) is 60.2. The third-order valence-corrected chi connectivity index (χ3v) is 5.50. The lowest BCUT2D eigenvalue weighted by atomic mass is 9.99. The largest absolute Gasteiger partial charge is 0.347 e. The molecule has 0 radical (unpaired) electrons. The van der Waals surface area contributed by atoms with E-state index < -0.39 is 29.7 Å². The van der Waals surface area contributed by atoms with Crippen molar-refractivity contribution in [1.82, 2.24) is 16.0 Å². The van der Waals surface area contributed by atoms with Crippen molar-refractivity contribution in [3.05, 3.63) is 35.4 Å². The number of carbonyl (C=O) groups is 5. The fourth-order valence-electron chi connectivity index (χ4n) is 3.77. The van der Waals surface area contributed by atoms with Crippen LogP contribution in [0.4, 0.5) is 0 Å². The maximum atomic E-state index is 13.0. The summed E-state index contributed by atoms with van der Waals surface area (Å²) in [6, 6.07) is 6.02. The van der Waals surface area contributed by atoms with Crippen LogP contribution in [-0.2, 0) is 36.8 Å². The van der Waals surface area contributed by atoms with Crippen molar-refractivity contribution in [1.29, 1.82) is 0 Å². The van der Waals surface area contributed by atoms with E-state index in [4.69, 9.17) is 0 Å². The van der Waals surface area contributed by atoms with Crippen molar-refractivity contribution in [2.24, 2.45) is 0 Å². The van der Waals surface area contributed by atoms with Gasteiger partial charge in [-0.3, -0.25) is 24.0 Å². The fourth-order valence-corrected chi connectivity index (χ4v) is 3.77. The van der Waals surface area contributed by atoms with Gasteiger partial charge in [-0.05, 0) is 36.8 Å². The van der Waals surface area contributed by atoms with Crippen molar-refractivity contribution in [2.45, 2.75) is 76.8 Å². The van der Waals surface area contributed by atoms with E-state index >= 15 is 0 Å². The topological polar surface area (TPSA) is 121 Å². The van der Waals surface area contributed by atoms with Gasteiger partial charge in [-0.2, -0.15) is 0 Å². The van der Waals surface area contributed by atoms with Crippen molar-refractivity contribution in [3.8, 4) is 0 Å². The molecule has 1 aromatic carbocycles. The van der Waals surface area contributed by atoms with Gasteiger partial charge in [0.25, 0.3) is 0 Å². The summed E-state index contributed by atoms with van der Waals surface area (Å²) in [6.07, 6.45) is 6.39. The molecular weight excluding hydrogens is 410 g/mol. The van der Waals surface area contributed by atoms with Crippen LogP contribution in [0.2, 0.25) is 0 Å². The van der Waals surface area contributed by atoms with Gasteiger partial charge in [0, 0.05) is 12.8 Å². The Morgan fingerprint density at radius 3 is 2.53 bits per heavy atom. The summed E-state index contributed by atoms with van der Waals surface area (Å²) in [7, 11) is 0. The quantitative estimate of drug-likeness (QED) is 0.453. The molecule has 2 atom stereocenters. The van der Waals surface area contributed by atoms with Crippen LogP contribution in [0.15, 0.2) is 24.3 Å². The Labute approximate surface area is 188 Å². The summed E-state index contributed by atoms with van der Waals surface area (Å²) < 4.78 is 0. The molecule has 0 spiro atoms. The van der Waals surface area contributed by atoms with Crippen LogP contribution in [0.25, 0.3) is 0 Å². The molecule has 8 nitrogen and oxygen atoms in total. The number of hydrogen-bond donors (Lipinski definition) is 3. The SMILES string of the molecule is CCCC(NC(=O)C1Cc2cccc(c2)CCCCCCC(=O)NCC(=O)N1)C(=O)C=O. The van der Waals surface area contributed by atoms with E-state index in [0.29, 0.717) is 19.3 Å². The highest BCUT2D eigenvalue weighted by Gasteiger charge is 2.26. The molecule has 174 valence electrons. The third kappa shape index (κ3) is 8.61. The Hall–Kier alpha value is -3.03. The number of carbonyl (C=O) groups excluding carboxylic acids is 5. The molecule has 3 N–H and O–H groups in total. The molecule has 0 saturated heterocycles. The van der Waals surface area contributed by atoms with E-state index in [2.05, 4.69) is 16.0 Å². The summed E-state index contributed by atoms with van der Waals surface area (Å²) in [5, 5.41) is 7.86. The van der Waals surface area contributed by atoms with Gasteiger partial charge in [0.05, 0.1) is 12.6 Å². The molecule has 0 aliphatic carbocycles. The zero-order chi connectivity index (χ0) is 23.3. The highest BCUT2D eigenvalue weighted by Crippen LogP contribution is 2.13. The molecule has 0 aromatic heterocycles. The van der Waals surface area contributed by atoms with Crippen molar-refractivity contribution < 1.29 is 24.0 Å². The maximum absolute atomic E-state index is 13.0. The van der Waals surface area contributed by atoms with Crippen LogP contribution in [0.5, 0.6) is 0 Å². The molecule has 8 heteroatoms. The predicted molar refractivity (Wildman–Crippen MR) is 120 cm³/mol. The average Bonchev–Trinajstić information content (AvgIpc) is 2.78. The minimum atomic E-state index is -0.943. The monoisotopic (exact) mass is 443 g/mol. The second-order valence-electron chi connectivity index (χ2n) is 8.21. The van der Waals surface area contributed by atoms with Crippen LogP contribution in [0, 0.1) is 0 Å². The molecule has 1 aliphatic heterocycles. The number of ketones is 1. The number of fused-ring (bicyclic) bond motifs is 2. The highest BCUT2D eigenvalue weighted by molar-refractivity contribution is 6.28. The van der Waals surface area contributed by atoms with Crippen LogP contribution in [0.3, 0.4) is 0 Å². The molecule has 2 bridgehead atoms. The smallest absolute Gasteiger partial charge is 0.243 e. The molecule has 3 amide bonds. The Morgan fingerprint density at radius 1 is 1.09 bits per heavy atom. The lowest BCUT2D eigenvalue weighted by Gasteiger charge is -2.22. The summed E-state index contributed by atoms with van der Waals surface area (Å²) in [5.41, 5.74) is 2.03. The zero-order valence-electron chi connectivity index (χ0n) is 18.7. The molecule has 2 rings (SSSR count). The Kier molecular flexibility index (Phi) is 10.6. The van der Waals surface area contributed by atoms with Gasteiger partial charge < -0.3 is 16.0 Å². The number of amides is 3. The highest BCUT2D eigenvalue weighted by atomic mass is 16.2. The summed E-state index contributed by atoms with van der Waals surface area (Å²) in [6.45, 7) is 1.62. The number of hydrogen-bond acceptors (Lipinski definition) is 5. The Bertz CT molecular complexity index is 824. The van der Waals surface area contributed by atoms with E-state index in [1.165, 1.54) is 0 Å². The van der Waals surface area contributed by atoms with E-state index in [9.17, 15) is 24.0 Å². The van der Waals surface area contributed by atoms with Crippen molar-refractivity contribution in [3.63, 3.8) is 0 Å². The fraction of sp³-hybridized carbons (Fsp3) is 0.542. The first-order valence-electron chi connectivity index (χ1n) is 11.4. The van der Waals surface area contributed by atoms with Gasteiger partial charge in [0.2, 0.25) is 23.5 Å². The summed E-state index contributed by atoms with van der Waals surface area (Å²) in [5.74, 6) is -1.92. The van der Waals surface area contributed by atoms with Crippen LogP contribution in [-0.4, -0.2) is 48.4 Å². The van der Waals surface area contributed by atoms with Gasteiger partial charge in [0.15, 0.2) is 6.29 Å². The van der Waals surface area contributed by atoms with Gasteiger partial charge >= 0.3 is 0 Å². The maximum Gasteiger partial charge on any atom is 0.243 e. The lowest BCUT2D eigenvalue weighted by molar-refractivity contribution is -0.134. The number of benzene rings is 1. The second kappa shape index (κ2) is 13.4. The number of rotatable bonds is 6. The lowest BCUT2D eigenvalue weighted by Crippen LogP contribution is -2.54. The minimum Gasteiger partial charge on any atom is -0.347 e. The number of nitrogens with one attached hydrogen (secondary N) is 3. The average molecular weight is 444 g/mol. The minimum absolute atomic E-state index is 0.196. The Morgan fingerprint density at radius 2 is 1.81 bits per heavy atom. The zero-order valence-corrected chi connectivity index (χ0v) is 18.7. The van der Waals surface area contributed by atoms with Gasteiger partial charge in [-0.1, -0.05) is 50.5 Å². The molecular formula is C24H33N3O5. The number of aldehydes is 1. The first-order valence-corrected chi connectivity index (χ1v) is 11.4. The molecule has 1 heterocycles. The molecule has 32 heavy (non-hydrogen) atoms. The van der Waals surface area contributed by atoms with E-state index in [1.807, 2.05) is 31.2 Å².